The Kier molecular flexibility index (Phi) is 4.35. The molecule has 8 heteroatoms. The van der Waals surface area contributed by atoms with E-state index in [1.807, 2.05) is 24.3 Å². The maximum absolute atomic E-state index is 12.6. The summed E-state index contributed by atoms with van der Waals surface area (Å²) in [4.78, 5) is 26.7. The summed E-state index contributed by atoms with van der Waals surface area (Å²) in [7, 11) is -3.56. The largest absolute Gasteiger partial charge is 0.341 e. The first-order chi connectivity index (χ1) is 11.3. The molecule has 1 aromatic carbocycles. The lowest BCUT2D eigenvalue weighted by Gasteiger charge is -2.39. The van der Waals surface area contributed by atoms with Crippen LogP contribution in [-0.4, -0.2) is 44.0 Å². The van der Waals surface area contributed by atoms with Crippen LogP contribution >= 0.6 is 0 Å². The Morgan fingerprint density at radius 1 is 1.33 bits per heavy atom. The number of nitrogens with zero attached hydrogens (tertiary/aromatic N) is 1. The number of piperidine rings is 1. The van der Waals surface area contributed by atoms with Gasteiger partial charge in [0.2, 0.25) is 21.8 Å². The first-order valence-electron chi connectivity index (χ1n) is 8.01. The van der Waals surface area contributed by atoms with E-state index in [0.717, 1.165) is 17.7 Å². The van der Waals surface area contributed by atoms with Crippen molar-refractivity contribution >= 4 is 27.5 Å². The monoisotopic (exact) mass is 351 g/mol. The van der Waals surface area contributed by atoms with E-state index < -0.39 is 15.4 Å². The average molecular weight is 351 g/mol. The van der Waals surface area contributed by atoms with Crippen molar-refractivity contribution in [1.29, 1.82) is 0 Å². The molecule has 0 saturated carbocycles. The quantitative estimate of drug-likeness (QED) is 0.826. The Morgan fingerprint density at radius 3 is 2.83 bits per heavy atom. The fraction of sp³-hybridized carbons (Fsp3) is 0.500. The van der Waals surface area contributed by atoms with Crippen molar-refractivity contribution in [2.45, 2.75) is 31.1 Å². The van der Waals surface area contributed by atoms with Crippen molar-refractivity contribution < 1.29 is 18.0 Å². The van der Waals surface area contributed by atoms with Crippen LogP contribution in [0.4, 0.5) is 5.69 Å². The molecule has 2 aliphatic heterocycles. The number of carbonyl (C=O) groups excluding carboxylic acids is 2. The second-order valence-corrected chi connectivity index (χ2v) is 8.21. The molecule has 2 aliphatic rings. The molecular weight excluding hydrogens is 330 g/mol. The molecule has 0 radical (unpaired) electrons. The number of carbonyl (C=O) groups is 2. The lowest BCUT2D eigenvalue weighted by atomic mass is 9.75. The smallest absolute Gasteiger partial charge is 0.236 e. The van der Waals surface area contributed by atoms with Gasteiger partial charge in [0, 0.05) is 25.2 Å². The molecule has 24 heavy (non-hydrogen) atoms. The van der Waals surface area contributed by atoms with Crippen molar-refractivity contribution in [3.63, 3.8) is 0 Å². The third-order valence-corrected chi connectivity index (χ3v) is 5.65. The maximum Gasteiger partial charge on any atom is 0.236 e. The normalized spacial score (nSPS) is 23.2. The summed E-state index contributed by atoms with van der Waals surface area (Å²) < 4.78 is 21.9. The van der Waals surface area contributed by atoms with Gasteiger partial charge in [-0.05, 0) is 30.9 Å². The number of anilines is 1. The summed E-state index contributed by atoms with van der Waals surface area (Å²) in [6.07, 6.45) is 1.76. The van der Waals surface area contributed by atoms with Crippen molar-refractivity contribution in [2.75, 3.05) is 24.2 Å². The highest BCUT2D eigenvalue weighted by atomic mass is 32.2. The highest BCUT2D eigenvalue weighted by molar-refractivity contribution is 7.89. The number of hydrogen-bond donors (Lipinski definition) is 2. The minimum absolute atomic E-state index is 0.0641. The van der Waals surface area contributed by atoms with E-state index in [9.17, 15) is 18.0 Å². The first-order valence-corrected chi connectivity index (χ1v) is 9.73. The lowest BCUT2D eigenvalue weighted by Crippen LogP contribution is -2.51. The second-order valence-electron chi connectivity index (χ2n) is 6.47. The van der Waals surface area contributed by atoms with Gasteiger partial charge >= 0.3 is 0 Å². The Labute approximate surface area is 141 Å². The van der Waals surface area contributed by atoms with Gasteiger partial charge in [-0.1, -0.05) is 18.2 Å². The maximum atomic E-state index is 12.6. The highest BCUT2D eigenvalue weighted by Gasteiger charge is 2.49. The third-order valence-electron chi connectivity index (χ3n) is 4.79. The fourth-order valence-corrected chi connectivity index (χ4v) is 4.18. The molecule has 2 amide bonds. The number of likely N-dealkylation sites (tertiary alicyclic amines) is 1. The molecule has 1 atom stereocenters. The van der Waals surface area contributed by atoms with Crippen LogP contribution in [0.15, 0.2) is 24.3 Å². The fourth-order valence-electron chi connectivity index (χ4n) is 3.63. The number of benzene rings is 1. The van der Waals surface area contributed by atoms with Gasteiger partial charge in [-0.2, -0.15) is 0 Å². The van der Waals surface area contributed by atoms with Crippen molar-refractivity contribution in [3.8, 4) is 0 Å². The Morgan fingerprint density at radius 2 is 2.08 bits per heavy atom. The summed E-state index contributed by atoms with van der Waals surface area (Å²) in [5, 5.41) is 7.87. The summed E-state index contributed by atoms with van der Waals surface area (Å²) in [6.45, 7) is 0.926. The van der Waals surface area contributed by atoms with E-state index >= 15 is 0 Å². The van der Waals surface area contributed by atoms with Gasteiger partial charge in [0.1, 0.15) is 0 Å². The predicted molar refractivity (Wildman–Crippen MR) is 89.8 cm³/mol. The van der Waals surface area contributed by atoms with Crippen molar-refractivity contribution in [1.82, 2.24) is 4.90 Å². The number of fused-ring (bicyclic) bond motifs is 2. The minimum atomic E-state index is -3.56. The minimum Gasteiger partial charge on any atom is -0.341 e. The van der Waals surface area contributed by atoms with Crippen LogP contribution in [0, 0.1) is 0 Å². The molecule has 2 heterocycles. The summed E-state index contributed by atoms with van der Waals surface area (Å²) in [5.41, 5.74) is 1.06. The number of sulfonamides is 1. The number of para-hydroxylation sites is 1. The van der Waals surface area contributed by atoms with Crippen LogP contribution in [-0.2, 0) is 25.0 Å². The van der Waals surface area contributed by atoms with Gasteiger partial charge in [0.05, 0.1) is 11.2 Å². The molecule has 7 nitrogen and oxygen atoms in total. The average Bonchev–Trinajstić information content (AvgIpc) is 2.79. The Bertz CT molecular complexity index is 777. The standard InChI is InChI=1S/C16H21N3O4S/c17-24(22,23)10-3-7-14(20)19-9-4-8-16(11-19)12-5-1-2-6-13(12)18-15(16)21/h1-2,5-6H,3-4,7-11H2,(H,18,21)(H2,17,22,23)/t16-/m1/s1. The molecule has 0 unspecified atom stereocenters. The van der Waals surface area contributed by atoms with Gasteiger partial charge in [0.15, 0.2) is 0 Å². The van der Waals surface area contributed by atoms with Crippen LogP contribution in [0.3, 0.4) is 0 Å². The highest BCUT2D eigenvalue weighted by Crippen LogP contribution is 2.43. The number of hydrogen-bond acceptors (Lipinski definition) is 4. The molecule has 0 aliphatic carbocycles. The van der Waals surface area contributed by atoms with Crippen LogP contribution in [0.2, 0.25) is 0 Å². The van der Waals surface area contributed by atoms with E-state index in [0.29, 0.717) is 19.5 Å². The van der Waals surface area contributed by atoms with Gasteiger partial charge in [-0.25, -0.2) is 13.6 Å². The zero-order valence-corrected chi connectivity index (χ0v) is 14.1. The summed E-state index contributed by atoms with van der Waals surface area (Å²) >= 11 is 0. The SMILES string of the molecule is NS(=O)(=O)CCCC(=O)N1CCC[C@]2(C1)C(=O)Nc1ccccc12. The zero-order valence-electron chi connectivity index (χ0n) is 13.3. The van der Waals surface area contributed by atoms with Gasteiger partial charge in [0.25, 0.3) is 0 Å². The number of amides is 2. The number of nitrogens with one attached hydrogen (secondary N) is 1. The molecule has 1 aromatic rings. The molecule has 3 rings (SSSR count). The van der Waals surface area contributed by atoms with E-state index in [2.05, 4.69) is 5.32 Å². The summed E-state index contributed by atoms with van der Waals surface area (Å²) in [5.74, 6) is -0.401. The van der Waals surface area contributed by atoms with Crippen molar-refractivity contribution in [3.05, 3.63) is 29.8 Å². The van der Waals surface area contributed by atoms with Crippen LogP contribution in [0.25, 0.3) is 0 Å². The first kappa shape index (κ1) is 16.9. The zero-order chi connectivity index (χ0) is 17.4. The van der Waals surface area contributed by atoms with Crippen LogP contribution in [0.5, 0.6) is 0 Å². The number of nitrogens with two attached hydrogens (primary N) is 1. The molecule has 3 N–H and O–H groups in total. The van der Waals surface area contributed by atoms with Gasteiger partial charge in [-0.15, -0.1) is 0 Å². The van der Waals surface area contributed by atoms with Crippen LogP contribution in [0.1, 0.15) is 31.2 Å². The molecule has 0 aromatic heterocycles. The summed E-state index contributed by atoms with van der Waals surface area (Å²) in [6, 6.07) is 7.57. The van der Waals surface area contributed by atoms with E-state index in [1.54, 1.807) is 4.90 Å². The lowest BCUT2D eigenvalue weighted by molar-refractivity contribution is -0.135. The number of rotatable bonds is 4. The Balaban J connectivity index is 1.73. The molecule has 0 bridgehead atoms. The van der Waals surface area contributed by atoms with Crippen molar-refractivity contribution in [2.24, 2.45) is 5.14 Å². The topological polar surface area (TPSA) is 110 Å². The van der Waals surface area contributed by atoms with Gasteiger partial charge < -0.3 is 10.2 Å². The molecule has 1 spiro atoms. The molecular formula is C16H21N3O4S. The van der Waals surface area contributed by atoms with Gasteiger partial charge in [-0.3, -0.25) is 9.59 Å². The van der Waals surface area contributed by atoms with E-state index in [4.69, 9.17) is 5.14 Å². The molecule has 130 valence electrons. The molecule has 1 fully saturated rings. The third kappa shape index (κ3) is 3.16. The Hall–Kier alpha value is -1.93. The predicted octanol–water partition coefficient (Wildman–Crippen LogP) is 0.568. The van der Waals surface area contributed by atoms with E-state index in [1.165, 1.54) is 0 Å². The van der Waals surface area contributed by atoms with E-state index in [-0.39, 0.29) is 30.4 Å². The molecule has 1 saturated heterocycles. The van der Waals surface area contributed by atoms with Crippen LogP contribution < -0.4 is 10.5 Å². The number of primary sulfonamides is 1. The second kappa shape index (κ2) is 6.18.